The van der Waals surface area contributed by atoms with E-state index in [-0.39, 0.29) is 47.3 Å². The molecular weight excluding hydrogens is 356 g/mol. The molecule has 4 saturated heterocycles. The summed E-state index contributed by atoms with van der Waals surface area (Å²) in [7, 11) is 1.67. The zero-order valence-corrected chi connectivity index (χ0v) is 16.3. The summed E-state index contributed by atoms with van der Waals surface area (Å²) in [5.74, 6) is 0.965. The maximum Gasteiger partial charge on any atom is 0.302 e. The van der Waals surface area contributed by atoms with Gasteiger partial charge >= 0.3 is 5.97 Å². The number of hydrogen-bond acceptors (Lipinski definition) is 6. The van der Waals surface area contributed by atoms with E-state index in [1.54, 1.807) is 7.11 Å². The van der Waals surface area contributed by atoms with Crippen LogP contribution < -0.4 is 4.74 Å². The molecule has 1 spiro atoms. The zero-order valence-electron chi connectivity index (χ0n) is 16.3. The summed E-state index contributed by atoms with van der Waals surface area (Å²) >= 11 is 0. The Morgan fingerprint density at radius 2 is 2.21 bits per heavy atom. The van der Waals surface area contributed by atoms with Gasteiger partial charge in [-0.25, -0.2) is 0 Å². The normalized spacial score (nSPS) is 46.0. The number of fused-ring (bicyclic) bond motifs is 2. The number of hydrogen-bond donors (Lipinski definition) is 0. The minimum atomic E-state index is -0.377. The molecule has 0 radical (unpaired) electrons. The molecule has 5 aliphatic heterocycles. The van der Waals surface area contributed by atoms with Crippen LogP contribution in [0, 0.1) is 17.8 Å². The SMILES string of the molecule is COc1ccc2c(c1)[C@]13C[C@H]4[C@H]([C@H]5C[C@@H](C1=N2)N4[C@@H](C)[C@@H]5C=O)[C@H]3OC(C)=O. The van der Waals surface area contributed by atoms with E-state index < -0.39 is 0 Å². The highest BCUT2D eigenvalue weighted by atomic mass is 16.5. The van der Waals surface area contributed by atoms with E-state index in [4.69, 9.17) is 14.5 Å². The Morgan fingerprint density at radius 3 is 2.93 bits per heavy atom. The van der Waals surface area contributed by atoms with Crippen LogP contribution in [0.25, 0.3) is 0 Å². The molecule has 1 unspecified atom stereocenters. The molecule has 6 heteroatoms. The summed E-state index contributed by atoms with van der Waals surface area (Å²) in [5.41, 5.74) is 2.86. The zero-order chi connectivity index (χ0) is 19.4. The van der Waals surface area contributed by atoms with Gasteiger partial charge < -0.3 is 14.3 Å². The number of carbonyl (C=O) groups excluding carboxylic acids is 2. The third-order valence-corrected chi connectivity index (χ3v) is 8.21. The first kappa shape index (κ1) is 16.7. The first-order chi connectivity index (χ1) is 13.5. The molecule has 5 fully saturated rings. The Balaban J connectivity index is 1.59. The average Bonchev–Trinajstić information content (AvgIpc) is 3.14. The van der Waals surface area contributed by atoms with E-state index in [9.17, 15) is 9.59 Å². The van der Waals surface area contributed by atoms with Crippen LogP contribution in [0.3, 0.4) is 0 Å². The van der Waals surface area contributed by atoms with Crippen molar-refractivity contribution in [1.29, 1.82) is 0 Å². The van der Waals surface area contributed by atoms with Gasteiger partial charge in [-0.3, -0.25) is 14.7 Å². The highest BCUT2D eigenvalue weighted by molar-refractivity contribution is 6.08. The average molecular weight is 380 g/mol. The molecular formula is C22H24N2O4. The van der Waals surface area contributed by atoms with Crippen LogP contribution in [0.4, 0.5) is 5.69 Å². The van der Waals surface area contributed by atoms with Crippen LogP contribution in [0.2, 0.25) is 0 Å². The van der Waals surface area contributed by atoms with E-state index >= 15 is 0 Å². The summed E-state index contributed by atoms with van der Waals surface area (Å²) in [6.07, 6.45) is 2.69. The van der Waals surface area contributed by atoms with E-state index in [0.717, 1.165) is 41.8 Å². The molecule has 1 aromatic rings. The monoisotopic (exact) mass is 380 g/mol. The summed E-state index contributed by atoms with van der Waals surface area (Å²) in [6, 6.07) is 6.80. The molecule has 5 bridgehead atoms. The Bertz CT molecular complexity index is 942. The highest BCUT2D eigenvalue weighted by Crippen LogP contribution is 2.67. The van der Waals surface area contributed by atoms with Crippen LogP contribution in [0.1, 0.15) is 32.3 Å². The maximum atomic E-state index is 12.1. The minimum absolute atomic E-state index is 0.00471. The van der Waals surface area contributed by atoms with E-state index in [1.807, 2.05) is 12.1 Å². The van der Waals surface area contributed by atoms with Gasteiger partial charge in [0.1, 0.15) is 18.1 Å². The molecule has 0 N–H and O–H groups in total. The molecule has 5 heterocycles. The molecule has 1 saturated carbocycles. The molecule has 28 heavy (non-hydrogen) atoms. The number of rotatable bonds is 3. The van der Waals surface area contributed by atoms with Gasteiger partial charge in [0.15, 0.2) is 0 Å². The Labute approximate surface area is 163 Å². The van der Waals surface area contributed by atoms with Crippen molar-refractivity contribution in [2.45, 2.75) is 56.3 Å². The number of aldehydes is 1. The predicted octanol–water partition coefficient (Wildman–Crippen LogP) is 2.26. The number of piperidine rings is 4. The molecule has 0 amide bonds. The highest BCUT2D eigenvalue weighted by Gasteiger charge is 2.75. The van der Waals surface area contributed by atoms with Crippen LogP contribution in [0.5, 0.6) is 5.75 Å². The molecule has 1 aliphatic carbocycles. The predicted molar refractivity (Wildman–Crippen MR) is 102 cm³/mol. The fraction of sp³-hybridized carbons (Fsp3) is 0.591. The lowest BCUT2D eigenvalue weighted by Crippen LogP contribution is -2.69. The fourth-order valence-corrected chi connectivity index (χ4v) is 7.43. The smallest absolute Gasteiger partial charge is 0.302 e. The van der Waals surface area contributed by atoms with Crippen molar-refractivity contribution in [1.82, 2.24) is 4.90 Å². The number of benzene rings is 1. The number of carbonyl (C=O) groups is 2. The van der Waals surface area contributed by atoms with Crippen LogP contribution in [-0.2, 0) is 19.7 Å². The topological polar surface area (TPSA) is 68.2 Å². The van der Waals surface area contributed by atoms with Crippen LogP contribution in [-0.4, -0.2) is 54.2 Å². The summed E-state index contributed by atoms with van der Waals surface area (Å²) < 4.78 is 11.6. The van der Waals surface area contributed by atoms with E-state index in [2.05, 4.69) is 17.9 Å². The van der Waals surface area contributed by atoms with Crippen molar-refractivity contribution in [2.75, 3.05) is 7.11 Å². The standard InChI is InChI=1S/C22H24N2O4/c1-10-14(9-25)13-7-17-20-22(15-6-12(27-3)4-5-16(15)23-20)8-18(24(10)17)19(13)21(22)28-11(2)26/h4-6,9-10,13-14,17-19,21H,7-8H2,1-3H3/t10-,13-,14-,17-,18-,19-,21+,22+/m0/s1. The maximum absolute atomic E-state index is 12.1. The summed E-state index contributed by atoms with van der Waals surface area (Å²) in [4.78, 5) is 31.7. The summed E-state index contributed by atoms with van der Waals surface area (Å²) in [6.45, 7) is 3.66. The molecule has 146 valence electrons. The van der Waals surface area contributed by atoms with Gasteiger partial charge in [0.05, 0.1) is 30.0 Å². The van der Waals surface area contributed by atoms with Crippen LogP contribution in [0.15, 0.2) is 23.2 Å². The Hall–Kier alpha value is -2.21. The Kier molecular flexibility index (Phi) is 3.12. The third-order valence-electron chi connectivity index (χ3n) is 8.21. The number of nitrogens with zero attached hydrogens (tertiary/aromatic N) is 2. The Morgan fingerprint density at radius 1 is 1.39 bits per heavy atom. The number of aliphatic imine (C=N–C) groups is 1. The van der Waals surface area contributed by atoms with Crippen molar-refractivity contribution < 1.29 is 19.1 Å². The largest absolute Gasteiger partial charge is 0.497 e. The lowest BCUT2D eigenvalue weighted by atomic mass is 9.62. The molecule has 6 aliphatic rings. The second kappa shape index (κ2) is 5.23. The second-order valence-corrected chi connectivity index (χ2v) is 9.05. The van der Waals surface area contributed by atoms with Gasteiger partial charge in [-0.05, 0) is 49.4 Å². The first-order valence-electron chi connectivity index (χ1n) is 10.2. The van der Waals surface area contributed by atoms with Crippen molar-refractivity contribution in [3.05, 3.63) is 23.8 Å². The van der Waals surface area contributed by atoms with Crippen molar-refractivity contribution in [3.63, 3.8) is 0 Å². The van der Waals surface area contributed by atoms with Gasteiger partial charge in [-0.1, -0.05) is 0 Å². The van der Waals surface area contributed by atoms with Crippen LogP contribution >= 0.6 is 0 Å². The van der Waals surface area contributed by atoms with E-state index in [1.165, 1.54) is 6.92 Å². The van der Waals surface area contributed by atoms with Gasteiger partial charge in [0.2, 0.25) is 0 Å². The van der Waals surface area contributed by atoms with Crippen molar-refractivity contribution >= 4 is 23.7 Å². The second-order valence-electron chi connectivity index (χ2n) is 9.05. The molecule has 9 atom stereocenters. The molecule has 1 aromatic carbocycles. The fourth-order valence-electron chi connectivity index (χ4n) is 7.43. The van der Waals surface area contributed by atoms with Crippen molar-refractivity contribution in [2.24, 2.45) is 22.7 Å². The minimum Gasteiger partial charge on any atom is -0.497 e. The lowest BCUT2D eigenvalue weighted by Gasteiger charge is -2.60. The number of methoxy groups -OCH3 is 1. The first-order valence-corrected chi connectivity index (χ1v) is 10.2. The van der Waals surface area contributed by atoms with Crippen molar-refractivity contribution in [3.8, 4) is 5.75 Å². The van der Waals surface area contributed by atoms with Gasteiger partial charge in [0, 0.05) is 30.8 Å². The molecule has 0 aromatic heterocycles. The van der Waals surface area contributed by atoms with Gasteiger partial charge in [-0.15, -0.1) is 0 Å². The van der Waals surface area contributed by atoms with E-state index in [0.29, 0.717) is 6.04 Å². The molecule has 6 nitrogen and oxygen atoms in total. The lowest BCUT2D eigenvalue weighted by molar-refractivity contribution is -0.159. The number of esters is 1. The molecule has 7 rings (SSSR count). The third kappa shape index (κ3) is 1.68. The summed E-state index contributed by atoms with van der Waals surface area (Å²) in [5, 5.41) is 0. The number of ether oxygens (including phenoxy) is 2. The quantitative estimate of drug-likeness (QED) is 0.594. The van der Waals surface area contributed by atoms with Gasteiger partial charge in [-0.2, -0.15) is 0 Å². The van der Waals surface area contributed by atoms with Gasteiger partial charge in [0.25, 0.3) is 0 Å².